The Morgan fingerprint density at radius 2 is 2.27 bits per heavy atom. The molecule has 0 aromatic carbocycles. The molecule has 0 aliphatic heterocycles. The van der Waals surface area contributed by atoms with E-state index in [1.54, 1.807) is 13.8 Å². The van der Waals surface area contributed by atoms with Crippen LogP contribution in [-0.4, -0.2) is 22.7 Å². The maximum absolute atomic E-state index is 11.1. The van der Waals surface area contributed by atoms with Crippen molar-refractivity contribution in [2.45, 2.75) is 20.8 Å². The fourth-order valence-corrected chi connectivity index (χ4v) is 1.96. The highest BCUT2D eigenvalue weighted by atomic mass is 32.1. The molecule has 1 heterocycles. The number of aromatic nitrogens is 1. The second-order valence-corrected chi connectivity index (χ2v) is 4.13. The summed E-state index contributed by atoms with van der Waals surface area (Å²) < 4.78 is 4.69. The number of hydrogen-bond acceptors (Lipinski definition) is 5. The molecule has 1 N–H and O–H groups in total. The van der Waals surface area contributed by atoms with Crippen molar-refractivity contribution in [3.8, 4) is 0 Å². The summed E-state index contributed by atoms with van der Waals surface area (Å²) in [5, 5.41) is 10.5. The lowest BCUT2D eigenvalue weighted by molar-refractivity contribution is -0.137. The Morgan fingerprint density at radius 1 is 1.60 bits per heavy atom. The molecule has 0 bridgehead atoms. The number of aryl methyl sites for hydroxylation is 2. The average Bonchev–Trinajstić information content (AvgIpc) is 2.45. The van der Waals surface area contributed by atoms with E-state index in [1.807, 2.05) is 6.92 Å². The number of carbonyl (C=O) groups excluding carboxylic acids is 1. The minimum Gasteiger partial charge on any atom is -0.506 e. The van der Waals surface area contributed by atoms with Crippen LogP contribution >= 0.6 is 11.3 Å². The van der Waals surface area contributed by atoms with Crippen LogP contribution in [0.3, 0.4) is 0 Å². The quantitative estimate of drug-likeness (QED) is 0.488. The number of thiazole rings is 1. The van der Waals surface area contributed by atoms with Crippen LogP contribution < -0.4 is 0 Å². The summed E-state index contributed by atoms with van der Waals surface area (Å²) in [6.07, 6.45) is 1.07. The molecule has 82 valence electrons. The molecule has 1 aromatic rings. The standard InChI is InChI=1S/C10H13NO3S/c1-4-14-9(13)5-8(12)10-6(2)11-7(3)15-10/h5,12H,4H2,1-3H3. The predicted molar refractivity (Wildman–Crippen MR) is 58.8 cm³/mol. The highest BCUT2D eigenvalue weighted by molar-refractivity contribution is 7.12. The zero-order chi connectivity index (χ0) is 11.4. The minimum atomic E-state index is -0.541. The van der Waals surface area contributed by atoms with Crippen molar-refractivity contribution in [2.75, 3.05) is 6.61 Å². The van der Waals surface area contributed by atoms with Gasteiger partial charge in [0.1, 0.15) is 5.76 Å². The number of rotatable bonds is 3. The number of ether oxygens (including phenoxy) is 1. The molecular weight excluding hydrogens is 214 g/mol. The van der Waals surface area contributed by atoms with Gasteiger partial charge in [-0.05, 0) is 20.8 Å². The number of hydrogen-bond donors (Lipinski definition) is 1. The number of esters is 1. The monoisotopic (exact) mass is 227 g/mol. The Labute approximate surface area is 92.2 Å². The molecule has 0 unspecified atom stereocenters. The van der Waals surface area contributed by atoms with E-state index in [0.717, 1.165) is 16.8 Å². The fraction of sp³-hybridized carbons (Fsp3) is 0.400. The van der Waals surface area contributed by atoms with Gasteiger partial charge in [-0.1, -0.05) is 0 Å². The fourth-order valence-electron chi connectivity index (χ4n) is 1.13. The Kier molecular flexibility index (Phi) is 3.85. The van der Waals surface area contributed by atoms with E-state index in [4.69, 9.17) is 0 Å². The first-order chi connectivity index (χ1) is 7.04. The first-order valence-electron chi connectivity index (χ1n) is 4.56. The minimum absolute atomic E-state index is 0.0865. The van der Waals surface area contributed by atoms with E-state index in [0.29, 0.717) is 11.5 Å². The lowest BCUT2D eigenvalue weighted by Gasteiger charge is -1.98. The normalized spacial score (nSPS) is 11.5. The average molecular weight is 227 g/mol. The lowest BCUT2D eigenvalue weighted by atomic mass is 10.3. The third-order valence-corrected chi connectivity index (χ3v) is 2.77. The molecule has 1 rings (SSSR count). The van der Waals surface area contributed by atoms with Crippen molar-refractivity contribution < 1.29 is 14.6 Å². The summed E-state index contributed by atoms with van der Waals surface area (Å²) in [6.45, 7) is 5.64. The zero-order valence-corrected chi connectivity index (χ0v) is 9.72. The van der Waals surface area contributed by atoms with Gasteiger partial charge in [0.05, 0.1) is 28.3 Å². The molecule has 1 aromatic heterocycles. The van der Waals surface area contributed by atoms with Crippen LogP contribution in [-0.2, 0) is 9.53 Å². The van der Waals surface area contributed by atoms with E-state index in [-0.39, 0.29) is 5.76 Å². The Balaban J connectivity index is 2.88. The van der Waals surface area contributed by atoms with E-state index >= 15 is 0 Å². The molecule has 0 amide bonds. The van der Waals surface area contributed by atoms with Gasteiger partial charge in [0.15, 0.2) is 0 Å². The molecule has 0 spiro atoms. The summed E-state index contributed by atoms with van der Waals surface area (Å²) in [7, 11) is 0. The van der Waals surface area contributed by atoms with Crippen LogP contribution in [0.2, 0.25) is 0 Å². The Morgan fingerprint density at radius 3 is 2.73 bits per heavy atom. The summed E-state index contributed by atoms with van der Waals surface area (Å²) in [6, 6.07) is 0. The Bertz CT molecular complexity index is 395. The van der Waals surface area contributed by atoms with Crippen LogP contribution in [0.5, 0.6) is 0 Å². The van der Waals surface area contributed by atoms with E-state index in [9.17, 15) is 9.90 Å². The second kappa shape index (κ2) is 4.93. The van der Waals surface area contributed by atoms with Crippen molar-refractivity contribution in [2.24, 2.45) is 0 Å². The summed E-state index contributed by atoms with van der Waals surface area (Å²) in [5.74, 6) is -0.628. The van der Waals surface area contributed by atoms with Gasteiger partial charge in [-0.3, -0.25) is 0 Å². The van der Waals surface area contributed by atoms with Crippen molar-refractivity contribution in [3.05, 3.63) is 21.7 Å². The maximum Gasteiger partial charge on any atom is 0.334 e. The van der Waals surface area contributed by atoms with Crippen molar-refractivity contribution >= 4 is 23.1 Å². The summed E-state index contributed by atoms with van der Waals surface area (Å²) in [5.41, 5.74) is 0.718. The van der Waals surface area contributed by atoms with Crippen LogP contribution in [0.4, 0.5) is 0 Å². The number of nitrogens with zero attached hydrogens (tertiary/aromatic N) is 1. The molecule has 0 fully saturated rings. The number of aliphatic hydroxyl groups excluding tert-OH is 1. The first-order valence-corrected chi connectivity index (χ1v) is 5.38. The molecule has 0 aliphatic carbocycles. The van der Waals surface area contributed by atoms with Gasteiger partial charge in [-0.25, -0.2) is 9.78 Å². The van der Waals surface area contributed by atoms with Gasteiger partial charge in [-0.2, -0.15) is 0 Å². The van der Waals surface area contributed by atoms with Crippen LogP contribution in [0.25, 0.3) is 5.76 Å². The predicted octanol–water partition coefficient (Wildman–Crippen LogP) is 2.22. The molecule has 0 radical (unpaired) electrons. The zero-order valence-electron chi connectivity index (χ0n) is 8.90. The van der Waals surface area contributed by atoms with Crippen molar-refractivity contribution in [3.63, 3.8) is 0 Å². The molecule has 15 heavy (non-hydrogen) atoms. The highest BCUT2D eigenvalue weighted by Crippen LogP contribution is 2.23. The second-order valence-electron chi connectivity index (χ2n) is 2.93. The molecule has 0 aliphatic rings. The van der Waals surface area contributed by atoms with Gasteiger partial charge in [0.25, 0.3) is 0 Å². The van der Waals surface area contributed by atoms with Gasteiger partial charge < -0.3 is 9.84 Å². The van der Waals surface area contributed by atoms with Crippen LogP contribution in [0.1, 0.15) is 22.5 Å². The van der Waals surface area contributed by atoms with Crippen LogP contribution in [0, 0.1) is 13.8 Å². The Hall–Kier alpha value is -1.36. The third kappa shape index (κ3) is 3.06. The van der Waals surface area contributed by atoms with E-state index in [2.05, 4.69) is 9.72 Å². The van der Waals surface area contributed by atoms with Gasteiger partial charge >= 0.3 is 5.97 Å². The van der Waals surface area contributed by atoms with Gasteiger partial charge in [0, 0.05) is 0 Å². The molecule has 0 atom stereocenters. The topological polar surface area (TPSA) is 59.4 Å². The van der Waals surface area contributed by atoms with E-state index in [1.165, 1.54) is 11.3 Å². The molecule has 0 saturated heterocycles. The highest BCUT2D eigenvalue weighted by Gasteiger charge is 2.10. The van der Waals surface area contributed by atoms with E-state index < -0.39 is 5.97 Å². The maximum atomic E-state index is 11.1. The molecular formula is C10H13NO3S. The van der Waals surface area contributed by atoms with Gasteiger partial charge in [0.2, 0.25) is 0 Å². The number of carbonyl (C=O) groups is 1. The first kappa shape index (κ1) is 11.7. The largest absolute Gasteiger partial charge is 0.506 e. The third-order valence-electron chi connectivity index (χ3n) is 1.68. The molecule has 4 nitrogen and oxygen atoms in total. The molecule has 0 saturated carbocycles. The van der Waals surface area contributed by atoms with Crippen molar-refractivity contribution in [1.29, 1.82) is 0 Å². The van der Waals surface area contributed by atoms with Crippen LogP contribution in [0.15, 0.2) is 6.08 Å². The van der Waals surface area contributed by atoms with Crippen molar-refractivity contribution in [1.82, 2.24) is 4.98 Å². The summed E-state index contributed by atoms with van der Waals surface area (Å²) in [4.78, 5) is 15.8. The molecule has 5 heteroatoms. The smallest absolute Gasteiger partial charge is 0.334 e. The van der Waals surface area contributed by atoms with Gasteiger partial charge in [-0.15, -0.1) is 11.3 Å². The lowest BCUT2D eigenvalue weighted by Crippen LogP contribution is -2.00. The summed E-state index contributed by atoms with van der Waals surface area (Å²) >= 11 is 1.35. The SMILES string of the molecule is CCOC(=O)C=C(O)c1sc(C)nc1C. The number of aliphatic hydroxyl groups is 1.